The fourth-order valence-electron chi connectivity index (χ4n) is 17.2. The first kappa shape index (κ1) is 102. The standard InChI is InChI=1S/C22H27N3O3S.C21H27N3O3S.C21H27N3O2S.C20H25N3O2S.C19H23N3O3S/c1-21(2)10-11-22(3,4)17-16(21)24-20(29-17)25(18(26)13-6-5-7-13)15-9-8-14(12-23-15)19(27)28;1-20(2)9-14(25)21(3,4)16-17(20)28-19(23-16)24(11-12-5-6-12)15-8-7-13(10-22-15)18(26)27;1-13(2)12-24(15-8-7-14(11-22-15)18(25)26)19-23-16-17(27-19)21(5,6)10-9-20(16,3)4;1-6-11-23(14-8-7-13(12-21-14)17(24)25)18-22-15-16(26-18)20(4,5)10-9-19(15,2)3;1-11(23)22(13-7-6-12(10-20-13)16(24)25)17-21-14-15(26-17)19(4,5)9-8-18(14,2)3/h8-9,12-13H,5-7,10-11H2,1-4H3,(H,27,28);7-8,10,12,14,25H,5-6,9,11H2,1-4H3,(H,26,27);7-11,13H,12H2,1-6H3,(H,25,26);7-10,12H,6,11H2,1-5H3,(H,24,25);6-7,10H,8-9H2,1-5H3,(H,24,25). The lowest BCUT2D eigenvalue weighted by atomic mass is 9.67. The molecule has 1 atom stereocenters. The molecule has 28 nitrogen and oxygen atoms in total. The molecule has 2 fully saturated rings. The number of aliphatic hydroxyl groups is 1. The highest BCUT2D eigenvalue weighted by molar-refractivity contribution is 7.17. The number of fused-ring (bicyclic) bond motifs is 5. The third kappa shape index (κ3) is 21.8. The SMILES string of the molecule is CC(=O)N(c1ccc(C(=O)O)cn1)c1nc2c(s1)C(C)(C)CCC2(C)C.CC(C)CN(c1ccc(C(=O)O)cn1)c1nc2c(s1)C(C)(C)C=CC2(C)C.CC1(C)CC(O)C(C)(C)c2nc(N(CC3CC3)c3ccc(C(=O)O)cn3)sc21.CC1(C)CCC(C)(C)c2sc(N(C(=O)C3CCC3)c3ccc(C(=O)O)cn3)nc21.CCCN(c1ccc(C(=O)O)cn1)c1nc2c(s1)C(C)(C)C=CC2(C)C. The number of carbonyl (C=O) groups excluding carboxylic acids is 2. The van der Waals surface area contributed by atoms with E-state index in [0.717, 1.165) is 132 Å². The average molecular weight is 1950 g/mol. The highest BCUT2D eigenvalue weighted by Crippen LogP contribution is 2.56. The molecule has 6 N–H and O–H groups in total. The molecule has 10 aromatic heterocycles. The lowest BCUT2D eigenvalue weighted by molar-refractivity contribution is -0.124. The number of aliphatic hydroxyl groups excluding tert-OH is 1. The van der Waals surface area contributed by atoms with Crippen molar-refractivity contribution < 1.29 is 64.2 Å². The van der Waals surface area contributed by atoms with Crippen molar-refractivity contribution in [1.29, 1.82) is 0 Å². The minimum atomic E-state index is -1.05. The van der Waals surface area contributed by atoms with Crippen molar-refractivity contribution in [2.75, 3.05) is 44.1 Å². The fraction of sp³-hybridized carbons (Fsp3) is 0.505. The number of carboxylic acids is 5. The molecule has 724 valence electrons. The summed E-state index contributed by atoms with van der Waals surface area (Å²) in [6.45, 7) is 54.0. The van der Waals surface area contributed by atoms with Crippen LogP contribution in [0.4, 0.5) is 54.7 Å². The molecule has 17 rings (SSSR count). The summed E-state index contributed by atoms with van der Waals surface area (Å²) >= 11 is 8.19. The van der Waals surface area contributed by atoms with Gasteiger partial charge in [0.15, 0.2) is 25.7 Å². The van der Waals surface area contributed by atoms with Gasteiger partial charge in [-0.1, -0.05) is 190 Å². The lowest BCUT2D eigenvalue weighted by Gasteiger charge is -2.41. The Balaban J connectivity index is 0.000000144. The van der Waals surface area contributed by atoms with Crippen LogP contribution in [0.5, 0.6) is 0 Å². The van der Waals surface area contributed by atoms with Gasteiger partial charge in [0.2, 0.25) is 11.8 Å². The molecule has 2 amide bonds. The zero-order chi connectivity index (χ0) is 99.6. The molecule has 7 aliphatic rings. The van der Waals surface area contributed by atoms with Crippen LogP contribution in [0.15, 0.2) is 116 Å². The normalized spacial score (nSPS) is 18.8. The van der Waals surface area contributed by atoms with Gasteiger partial charge in [-0.25, -0.2) is 83.6 Å². The Labute approximate surface area is 817 Å². The molecule has 0 spiro atoms. The second-order valence-corrected chi connectivity index (χ2v) is 48.1. The van der Waals surface area contributed by atoms with Crippen molar-refractivity contribution in [2.45, 2.75) is 297 Å². The van der Waals surface area contributed by atoms with E-state index < -0.39 is 41.4 Å². The van der Waals surface area contributed by atoms with Crippen LogP contribution in [0.3, 0.4) is 0 Å². The van der Waals surface area contributed by atoms with Gasteiger partial charge in [-0.2, -0.15) is 0 Å². The van der Waals surface area contributed by atoms with Crippen molar-refractivity contribution in [3.05, 3.63) is 197 Å². The summed E-state index contributed by atoms with van der Waals surface area (Å²) < 4.78 is 0. The van der Waals surface area contributed by atoms with E-state index in [4.69, 9.17) is 45.3 Å². The van der Waals surface area contributed by atoms with Crippen molar-refractivity contribution in [1.82, 2.24) is 49.8 Å². The Morgan fingerprint density at radius 3 is 1.05 bits per heavy atom. The number of amides is 2. The number of anilines is 10. The predicted molar refractivity (Wildman–Crippen MR) is 540 cm³/mol. The zero-order valence-electron chi connectivity index (χ0n) is 82.5. The highest BCUT2D eigenvalue weighted by atomic mass is 32.1. The fourth-order valence-corrected chi connectivity index (χ4v) is 24.1. The van der Waals surface area contributed by atoms with E-state index in [9.17, 15) is 43.8 Å². The molecule has 0 aromatic carbocycles. The molecule has 7 aliphatic carbocycles. The summed E-state index contributed by atoms with van der Waals surface area (Å²) in [7, 11) is 0. The van der Waals surface area contributed by atoms with Crippen LogP contribution in [-0.4, -0.2) is 148 Å². The molecule has 10 heterocycles. The minimum absolute atomic E-state index is 0.00790. The van der Waals surface area contributed by atoms with Gasteiger partial charge in [0.1, 0.15) is 29.1 Å². The van der Waals surface area contributed by atoms with Crippen LogP contribution in [0.2, 0.25) is 0 Å². The molecular weight excluding hydrogens is 1820 g/mol. The van der Waals surface area contributed by atoms with Crippen molar-refractivity contribution in [3.8, 4) is 0 Å². The number of pyridine rings is 5. The van der Waals surface area contributed by atoms with Crippen molar-refractivity contribution in [3.63, 3.8) is 0 Å². The van der Waals surface area contributed by atoms with Gasteiger partial charge in [-0.05, 0) is 137 Å². The van der Waals surface area contributed by atoms with Gasteiger partial charge < -0.3 is 45.3 Å². The first-order chi connectivity index (χ1) is 63.4. The number of carbonyl (C=O) groups is 7. The molecular formula is C103H129N15O13S5. The van der Waals surface area contributed by atoms with Gasteiger partial charge >= 0.3 is 29.8 Å². The summed E-state index contributed by atoms with van der Waals surface area (Å²) in [6, 6.07) is 16.2. The summed E-state index contributed by atoms with van der Waals surface area (Å²) in [5.74, 6) is -1.19. The van der Waals surface area contributed by atoms with Crippen LogP contribution in [0.25, 0.3) is 0 Å². The first-order valence-electron chi connectivity index (χ1n) is 46.5. The minimum Gasteiger partial charge on any atom is -0.478 e. The van der Waals surface area contributed by atoms with E-state index in [0.29, 0.717) is 40.2 Å². The number of hydrogen-bond acceptors (Lipinski definition) is 26. The van der Waals surface area contributed by atoms with Crippen LogP contribution >= 0.6 is 56.7 Å². The summed E-state index contributed by atoms with van der Waals surface area (Å²) in [6.07, 6.45) is 26.5. The van der Waals surface area contributed by atoms with Crippen LogP contribution in [0.1, 0.15) is 341 Å². The van der Waals surface area contributed by atoms with Gasteiger partial charge in [-0.15, -0.1) is 56.7 Å². The maximum absolute atomic E-state index is 13.3. The molecule has 0 bridgehead atoms. The monoisotopic (exact) mass is 1940 g/mol. The van der Waals surface area contributed by atoms with Gasteiger partial charge in [-0.3, -0.25) is 9.59 Å². The van der Waals surface area contributed by atoms with Gasteiger partial charge in [0.25, 0.3) is 0 Å². The average Bonchev–Trinajstić information content (AvgIpc) is 1.58. The molecule has 10 aromatic rings. The summed E-state index contributed by atoms with van der Waals surface area (Å²) in [5, 5.41) is 60.2. The summed E-state index contributed by atoms with van der Waals surface area (Å²) in [4.78, 5) is 143. The second kappa shape index (κ2) is 38.8. The van der Waals surface area contributed by atoms with Gasteiger partial charge in [0, 0.05) is 142 Å². The van der Waals surface area contributed by atoms with E-state index in [-0.39, 0.29) is 94.3 Å². The number of carboxylic acid groups (broad SMARTS) is 5. The topological polar surface area (TPSA) is 386 Å². The molecule has 1 unspecified atom stereocenters. The molecule has 0 radical (unpaired) electrons. The Morgan fingerprint density at radius 1 is 0.382 bits per heavy atom. The van der Waals surface area contributed by atoms with Crippen LogP contribution in [0, 0.1) is 17.8 Å². The first-order valence-corrected chi connectivity index (χ1v) is 50.6. The molecule has 136 heavy (non-hydrogen) atoms. The molecule has 0 aliphatic heterocycles. The van der Waals surface area contributed by atoms with E-state index in [1.54, 1.807) is 98.8 Å². The molecule has 33 heteroatoms. The lowest BCUT2D eigenvalue weighted by Crippen LogP contribution is -2.44. The smallest absolute Gasteiger partial charge is 0.337 e. The third-order valence-corrected chi connectivity index (χ3v) is 33.9. The highest BCUT2D eigenvalue weighted by Gasteiger charge is 2.50. The zero-order valence-corrected chi connectivity index (χ0v) is 86.6. The Bertz CT molecular complexity index is 6050. The quantitative estimate of drug-likeness (QED) is 0.0343. The van der Waals surface area contributed by atoms with Crippen LogP contribution in [-0.2, 0) is 63.7 Å². The number of thiazole rings is 5. The number of rotatable bonds is 22. The van der Waals surface area contributed by atoms with E-state index in [1.807, 2.05) is 0 Å². The largest absolute Gasteiger partial charge is 0.478 e. The maximum atomic E-state index is 13.3. The van der Waals surface area contributed by atoms with Crippen molar-refractivity contribution in [2.24, 2.45) is 17.8 Å². The van der Waals surface area contributed by atoms with E-state index in [1.165, 1.54) is 104 Å². The van der Waals surface area contributed by atoms with E-state index in [2.05, 4.69) is 223 Å². The number of hydrogen-bond donors (Lipinski definition) is 6. The Hall–Kier alpha value is -11.0. The van der Waals surface area contributed by atoms with E-state index >= 15 is 0 Å². The number of aromatic nitrogens is 10. The molecule has 0 saturated heterocycles. The Morgan fingerprint density at radius 2 is 0.706 bits per heavy atom. The number of allylic oxidation sites excluding steroid dienone is 4. The predicted octanol–water partition coefficient (Wildman–Crippen LogP) is 23.5. The summed E-state index contributed by atoms with van der Waals surface area (Å²) in [5.41, 5.74) is 5.20. The molecule has 2 saturated carbocycles. The third-order valence-electron chi connectivity index (χ3n) is 26.8. The number of aromatic carboxylic acids is 5. The number of nitrogens with zero attached hydrogens (tertiary/aromatic N) is 15. The Kier molecular flexibility index (Phi) is 29.2. The van der Waals surface area contributed by atoms with Gasteiger partial charge in [0.05, 0.1) is 62.4 Å². The van der Waals surface area contributed by atoms with Crippen molar-refractivity contribution >= 4 is 153 Å². The van der Waals surface area contributed by atoms with Crippen LogP contribution < -0.4 is 24.5 Å². The second-order valence-electron chi connectivity index (χ2n) is 43.2. The maximum Gasteiger partial charge on any atom is 0.337 e.